The van der Waals surface area contributed by atoms with E-state index in [0.29, 0.717) is 13.2 Å². The fraction of sp³-hybridized carbons (Fsp3) is 0.364. The maximum absolute atomic E-state index is 12.9. The summed E-state index contributed by atoms with van der Waals surface area (Å²) in [4.78, 5) is 11.8. The molecule has 3 nitrogen and oxygen atoms in total. The number of rotatable bonds is 2. The van der Waals surface area contributed by atoms with Gasteiger partial charge >= 0.3 is 0 Å². The largest absolute Gasteiger partial charge is 0.376 e. The zero-order chi connectivity index (χ0) is 11.5. The fourth-order valence-electron chi connectivity index (χ4n) is 1.52. The van der Waals surface area contributed by atoms with Crippen molar-refractivity contribution in [1.29, 1.82) is 0 Å². The van der Waals surface area contributed by atoms with Crippen LogP contribution >= 0.6 is 0 Å². The summed E-state index contributed by atoms with van der Waals surface area (Å²) in [6, 6.07) is 2.70. The highest BCUT2D eigenvalue weighted by molar-refractivity contribution is 5.99. The van der Waals surface area contributed by atoms with Crippen molar-refractivity contribution in [3.05, 3.63) is 35.4 Å². The van der Waals surface area contributed by atoms with E-state index in [1.165, 1.54) is 0 Å². The van der Waals surface area contributed by atoms with Crippen molar-refractivity contribution in [2.24, 2.45) is 0 Å². The molecule has 0 N–H and O–H groups in total. The Labute approximate surface area is 91.0 Å². The molecule has 1 fully saturated rings. The molecular formula is C11H10F2O3. The minimum absolute atomic E-state index is 0.0343. The number of ketones is 1. The first-order valence-electron chi connectivity index (χ1n) is 4.86. The number of Topliss-reactive ketones (excluding diaryl/α,β-unsaturated/α-hetero) is 1. The summed E-state index contributed by atoms with van der Waals surface area (Å²) in [5.74, 6) is -2.02. The molecule has 1 heterocycles. The van der Waals surface area contributed by atoms with E-state index in [-0.39, 0.29) is 12.2 Å². The van der Waals surface area contributed by atoms with Gasteiger partial charge in [0.2, 0.25) is 0 Å². The third-order valence-electron chi connectivity index (χ3n) is 2.26. The highest BCUT2D eigenvalue weighted by Crippen LogP contribution is 2.13. The Kier molecular flexibility index (Phi) is 3.26. The maximum Gasteiger partial charge on any atom is 0.194 e. The molecule has 1 unspecified atom stereocenters. The van der Waals surface area contributed by atoms with Crippen molar-refractivity contribution in [2.45, 2.75) is 6.10 Å². The first-order chi connectivity index (χ1) is 7.66. The molecule has 0 spiro atoms. The van der Waals surface area contributed by atoms with Gasteiger partial charge in [-0.1, -0.05) is 0 Å². The molecule has 1 saturated heterocycles. The van der Waals surface area contributed by atoms with Crippen LogP contribution in [0, 0.1) is 11.6 Å². The average Bonchev–Trinajstić information content (AvgIpc) is 2.28. The maximum atomic E-state index is 12.9. The zero-order valence-corrected chi connectivity index (χ0v) is 8.41. The van der Waals surface area contributed by atoms with E-state index in [1.54, 1.807) is 0 Å². The van der Waals surface area contributed by atoms with Gasteiger partial charge < -0.3 is 9.47 Å². The van der Waals surface area contributed by atoms with E-state index in [1.807, 2.05) is 0 Å². The van der Waals surface area contributed by atoms with Crippen LogP contribution in [0.15, 0.2) is 18.2 Å². The van der Waals surface area contributed by atoms with E-state index in [0.717, 1.165) is 18.2 Å². The van der Waals surface area contributed by atoms with Crippen LogP contribution in [0.3, 0.4) is 0 Å². The van der Waals surface area contributed by atoms with Crippen molar-refractivity contribution in [1.82, 2.24) is 0 Å². The van der Waals surface area contributed by atoms with Crippen molar-refractivity contribution >= 4 is 5.78 Å². The topological polar surface area (TPSA) is 35.5 Å². The molecule has 0 radical (unpaired) electrons. The van der Waals surface area contributed by atoms with Crippen LogP contribution in [-0.4, -0.2) is 31.7 Å². The second-order valence-electron chi connectivity index (χ2n) is 3.46. The van der Waals surface area contributed by atoms with Crippen LogP contribution in [0.5, 0.6) is 0 Å². The van der Waals surface area contributed by atoms with Crippen LogP contribution in [0.1, 0.15) is 10.4 Å². The highest BCUT2D eigenvalue weighted by atomic mass is 19.1. The molecule has 0 amide bonds. The van der Waals surface area contributed by atoms with Gasteiger partial charge in [0.15, 0.2) is 5.78 Å². The molecule has 86 valence electrons. The Hall–Kier alpha value is -1.33. The lowest BCUT2D eigenvalue weighted by atomic mass is 10.1. The van der Waals surface area contributed by atoms with Gasteiger partial charge in [0, 0.05) is 11.6 Å². The second-order valence-corrected chi connectivity index (χ2v) is 3.46. The van der Waals surface area contributed by atoms with Crippen molar-refractivity contribution in [3.8, 4) is 0 Å². The summed E-state index contributed by atoms with van der Waals surface area (Å²) >= 11 is 0. The molecular weight excluding hydrogens is 218 g/mol. The van der Waals surface area contributed by atoms with Crippen LogP contribution < -0.4 is 0 Å². The minimum atomic E-state index is -0.778. The molecule has 16 heavy (non-hydrogen) atoms. The molecule has 1 aromatic rings. The molecule has 0 saturated carbocycles. The highest BCUT2D eigenvalue weighted by Gasteiger charge is 2.24. The van der Waals surface area contributed by atoms with Gasteiger partial charge in [0.25, 0.3) is 0 Å². The second kappa shape index (κ2) is 4.67. The number of hydrogen-bond donors (Lipinski definition) is 0. The summed E-state index contributed by atoms with van der Waals surface area (Å²) in [5, 5.41) is 0. The molecule has 1 aromatic carbocycles. The lowest BCUT2D eigenvalue weighted by Crippen LogP contribution is -2.35. The molecule has 5 heteroatoms. The molecule has 2 rings (SSSR count). The van der Waals surface area contributed by atoms with Crippen LogP contribution in [0.25, 0.3) is 0 Å². The predicted octanol–water partition coefficient (Wildman–Crippen LogP) is 1.56. The summed E-state index contributed by atoms with van der Waals surface area (Å²) in [5.41, 5.74) is -0.0343. The Morgan fingerprint density at radius 1 is 1.19 bits per heavy atom. The summed E-state index contributed by atoms with van der Waals surface area (Å²) in [6.07, 6.45) is -0.769. The predicted molar refractivity (Wildman–Crippen MR) is 51.2 cm³/mol. The Morgan fingerprint density at radius 2 is 1.88 bits per heavy atom. The minimum Gasteiger partial charge on any atom is -0.376 e. The number of carbonyl (C=O) groups is 1. The summed E-state index contributed by atoms with van der Waals surface area (Å²) in [6.45, 7) is 0.868. The van der Waals surface area contributed by atoms with Crippen molar-refractivity contribution in [2.75, 3.05) is 19.8 Å². The molecule has 1 aliphatic heterocycles. The standard InChI is InChI=1S/C11H10F2O3/c12-8-3-7(4-9(13)5-8)11(14)10-6-15-1-2-16-10/h3-5,10H,1-2,6H2. The van der Waals surface area contributed by atoms with E-state index in [9.17, 15) is 13.6 Å². The fourth-order valence-corrected chi connectivity index (χ4v) is 1.52. The number of carbonyl (C=O) groups excluding carboxylic acids is 1. The van der Waals surface area contributed by atoms with E-state index in [2.05, 4.69) is 0 Å². The van der Waals surface area contributed by atoms with E-state index in [4.69, 9.17) is 9.47 Å². The van der Waals surface area contributed by atoms with E-state index >= 15 is 0 Å². The van der Waals surface area contributed by atoms with Gasteiger partial charge in [0.1, 0.15) is 17.7 Å². The van der Waals surface area contributed by atoms with Crippen LogP contribution in [0.2, 0.25) is 0 Å². The smallest absolute Gasteiger partial charge is 0.194 e. The van der Waals surface area contributed by atoms with Gasteiger partial charge in [-0.2, -0.15) is 0 Å². The number of halogens is 2. The van der Waals surface area contributed by atoms with Crippen molar-refractivity contribution < 1.29 is 23.0 Å². The Morgan fingerprint density at radius 3 is 2.44 bits per heavy atom. The molecule has 0 aliphatic carbocycles. The molecule has 1 atom stereocenters. The Balaban J connectivity index is 2.19. The SMILES string of the molecule is O=C(c1cc(F)cc(F)c1)C1COCCO1. The zero-order valence-electron chi connectivity index (χ0n) is 8.41. The molecule has 0 aromatic heterocycles. The quantitative estimate of drug-likeness (QED) is 0.720. The van der Waals surface area contributed by atoms with Gasteiger partial charge in [-0.05, 0) is 12.1 Å². The van der Waals surface area contributed by atoms with Crippen molar-refractivity contribution in [3.63, 3.8) is 0 Å². The molecule has 0 bridgehead atoms. The monoisotopic (exact) mass is 228 g/mol. The van der Waals surface area contributed by atoms with Crippen LogP contribution in [0.4, 0.5) is 8.78 Å². The van der Waals surface area contributed by atoms with Gasteiger partial charge in [0.05, 0.1) is 19.8 Å². The number of ether oxygens (including phenoxy) is 2. The lowest BCUT2D eigenvalue weighted by Gasteiger charge is -2.21. The van der Waals surface area contributed by atoms with Crippen LogP contribution in [-0.2, 0) is 9.47 Å². The normalized spacial score (nSPS) is 20.8. The first kappa shape index (κ1) is 11.2. The van der Waals surface area contributed by atoms with E-state index < -0.39 is 23.5 Å². The third-order valence-corrected chi connectivity index (χ3v) is 2.26. The summed E-state index contributed by atoms with van der Waals surface area (Å²) in [7, 11) is 0. The van der Waals surface area contributed by atoms with Gasteiger partial charge in [-0.15, -0.1) is 0 Å². The number of benzene rings is 1. The lowest BCUT2D eigenvalue weighted by molar-refractivity contribution is -0.0719. The third kappa shape index (κ3) is 2.43. The van der Waals surface area contributed by atoms with Gasteiger partial charge in [-0.25, -0.2) is 8.78 Å². The summed E-state index contributed by atoms with van der Waals surface area (Å²) < 4.78 is 36.0. The number of hydrogen-bond acceptors (Lipinski definition) is 3. The van der Waals surface area contributed by atoms with Gasteiger partial charge in [-0.3, -0.25) is 4.79 Å². The average molecular weight is 228 g/mol. The first-order valence-corrected chi connectivity index (χ1v) is 4.86. The molecule has 1 aliphatic rings. The Bertz CT molecular complexity index is 380.